The van der Waals surface area contributed by atoms with Crippen molar-refractivity contribution in [1.82, 2.24) is 9.69 Å². The number of para-hydroxylation sites is 2. The molecule has 6 heteroatoms. The maximum absolute atomic E-state index is 3.10. The average molecular weight is 929 g/mol. The van der Waals surface area contributed by atoms with Gasteiger partial charge in [0.25, 0.3) is 0 Å². The molecule has 0 spiro atoms. The lowest BCUT2D eigenvalue weighted by Crippen LogP contribution is -2.78. The molecule has 0 saturated carbocycles. The summed E-state index contributed by atoms with van der Waals surface area (Å²) in [5, 5.41) is 20.2. The number of nitrogens with zero attached hydrogens (tertiary/aromatic N) is 4. The highest BCUT2D eigenvalue weighted by Gasteiger charge is 2.47. The summed E-state index contributed by atoms with van der Waals surface area (Å²) >= 11 is 0. The second kappa shape index (κ2) is 17.1. The first-order valence-electron chi connectivity index (χ1n) is 24.1. The van der Waals surface area contributed by atoms with Gasteiger partial charge in [-0.25, -0.2) is 10.0 Å². The van der Waals surface area contributed by atoms with Gasteiger partial charge in [-0.3, -0.25) is 0 Å². The standard InChI is InChI=1S/C64H48N4Si2/c1-7-25-51(26-8-1)69(52-27-9-2-10-28-52,53-29-11-3-12-30-53)57-45-50(46-58(48-57)70(54-31-13-4-14-32-54,55-33-15-5-16-34-55)56-35-17-6-18-36-56)68-63-42-41-49(47-64(63)65-43-23-24-44-66(65)68)67-61-39-21-19-37-59(61)60-38-20-22-40-62(60)67/h1-48H. The minimum Gasteiger partial charge on any atom is -0.309 e. The highest BCUT2D eigenvalue weighted by atomic mass is 28.3. The highest BCUT2D eigenvalue weighted by Crippen LogP contribution is 2.46. The molecule has 4 nitrogen and oxygen atoms in total. The van der Waals surface area contributed by atoms with Crippen molar-refractivity contribution < 1.29 is 0 Å². The first kappa shape index (κ1) is 41.5. The molecule has 11 aromatic rings. The Hall–Kier alpha value is -8.69. The van der Waals surface area contributed by atoms with E-state index in [0.29, 0.717) is 0 Å². The van der Waals surface area contributed by atoms with Crippen LogP contribution in [0.5, 0.6) is 0 Å². The number of hydrogen-bond donors (Lipinski definition) is 0. The topological polar surface area (TPSA) is 14.7 Å². The third kappa shape index (κ3) is 6.42. The summed E-state index contributed by atoms with van der Waals surface area (Å²) in [5.41, 5.74) is 6.79. The summed E-state index contributed by atoms with van der Waals surface area (Å²) in [6.07, 6.45) is 8.66. The van der Waals surface area contributed by atoms with Crippen LogP contribution in [0.15, 0.2) is 291 Å². The minimum atomic E-state index is -3.10. The number of fused-ring (bicyclic) bond motifs is 6. The Morgan fingerprint density at radius 3 is 1.06 bits per heavy atom. The van der Waals surface area contributed by atoms with Gasteiger partial charge in [-0.05, 0) is 96.1 Å². The second-order valence-electron chi connectivity index (χ2n) is 18.2. The van der Waals surface area contributed by atoms with Gasteiger partial charge in [-0.1, -0.05) is 224 Å². The van der Waals surface area contributed by atoms with Gasteiger partial charge in [0.05, 0.1) is 28.1 Å². The summed E-state index contributed by atoms with van der Waals surface area (Å²) < 4.78 is 2.42. The Morgan fingerprint density at radius 1 is 0.271 bits per heavy atom. The largest absolute Gasteiger partial charge is 0.309 e. The zero-order valence-electron chi connectivity index (χ0n) is 38.5. The zero-order chi connectivity index (χ0) is 46.5. The molecule has 0 unspecified atom stereocenters. The SMILES string of the molecule is C1=CN2c3cc(-n4c5ccccc5c5ccccc54)ccc3N(c3cc([Si](c4ccccc4)(c4ccccc4)c4ccccc4)cc([Si](c4ccccc4)(c4ccccc4)c4ccccc4)c3)N2C=C1. The third-order valence-corrected chi connectivity index (χ3v) is 24.0. The Labute approximate surface area is 411 Å². The van der Waals surface area contributed by atoms with Gasteiger partial charge < -0.3 is 4.57 Å². The second-order valence-corrected chi connectivity index (χ2v) is 25.8. The molecule has 0 radical (unpaired) electrons. The lowest BCUT2D eigenvalue weighted by atomic mass is 10.2. The zero-order valence-corrected chi connectivity index (χ0v) is 40.5. The van der Waals surface area contributed by atoms with Gasteiger partial charge in [0.1, 0.15) is 0 Å². The molecule has 2 aliphatic heterocycles. The third-order valence-electron chi connectivity index (χ3n) is 14.5. The van der Waals surface area contributed by atoms with Crippen LogP contribution in [0.3, 0.4) is 0 Å². The molecule has 0 aliphatic carbocycles. The van der Waals surface area contributed by atoms with E-state index in [9.17, 15) is 0 Å². The van der Waals surface area contributed by atoms with Crippen molar-refractivity contribution in [3.63, 3.8) is 0 Å². The molecule has 0 saturated heterocycles. The first-order valence-corrected chi connectivity index (χ1v) is 28.1. The lowest BCUT2D eigenvalue weighted by molar-refractivity contribution is 0.408. The van der Waals surface area contributed by atoms with Crippen molar-refractivity contribution in [2.24, 2.45) is 0 Å². The molecular weight excluding hydrogens is 881 g/mol. The summed E-state index contributed by atoms with van der Waals surface area (Å²) in [7, 11) is -6.20. The van der Waals surface area contributed by atoms with E-state index in [1.807, 2.05) is 0 Å². The molecular formula is C64H48N4Si2. The van der Waals surface area contributed by atoms with Crippen LogP contribution in [0.4, 0.5) is 17.1 Å². The quantitative estimate of drug-likeness (QED) is 0.100. The molecule has 0 N–H and O–H groups in total. The summed E-state index contributed by atoms with van der Waals surface area (Å²) in [4.78, 5) is 0. The van der Waals surface area contributed by atoms with E-state index in [-0.39, 0.29) is 0 Å². The Bertz CT molecular complexity index is 3340. The van der Waals surface area contributed by atoms with Gasteiger partial charge in [0.2, 0.25) is 0 Å². The van der Waals surface area contributed by atoms with E-state index in [2.05, 4.69) is 311 Å². The minimum absolute atomic E-state index is 1.10. The molecule has 10 aromatic carbocycles. The van der Waals surface area contributed by atoms with E-state index in [1.54, 1.807) is 0 Å². The van der Waals surface area contributed by atoms with Crippen LogP contribution >= 0.6 is 0 Å². The number of aromatic nitrogens is 1. The molecule has 70 heavy (non-hydrogen) atoms. The fourth-order valence-electron chi connectivity index (χ4n) is 11.6. The summed E-state index contributed by atoms with van der Waals surface area (Å²) in [6, 6.07) is 100. The van der Waals surface area contributed by atoms with Crippen molar-refractivity contribution in [2.75, 3.05) is 10.0 Å². The van der Waals surface area contributed by atoms with Crippen LogP contribution in [-0.2, 0) is 0 Å². The normalized spacial score (nSPS) is 13.2. The monoisotopic (exact) mass is 928 g/mol. The number of hydrogen-bond acceptors (Lipinski definition) is 3. The number of allylic oxidation sites excluding steroid dienone is 2. The predicted molar refractivity (Wildman–Crippen MR) is 299 cm³/mol. The molecule has 0 atom stereocenters. The Kier molecular flexibility index (Phi) is 10.2. The van der Waals surface area contributed by atoms with E-state index in [4.69, 9.17) is 0 Å². The Morgan fingerprint density at radius 2 is 0.643 bits per heavy atom. The van der Waals surface area contributed by atoms with E-state index < -0.39 is 16.1 Å². The molecule has 0 bridgehead atoms. The van der Waals surface area contributed by atoms with Crippen molar-refractivity contribution >= 4 is 96.5 Å². The summed E-state index contributed by atoms with van der Waals surface area (Å²) in [5.74, 6) is 0. The van der Waals surface area contributed by atoms with Crippen molar-refractivity contribution in [3.8, 4) is 5.69 Å². The smallest absolute Gasteiger partial charge is 0.179 e. The van der Waals surface area contributed by atoms with E-state index in [1.165, 1.54) is 63.3 Å². The van der Waals surface area contributed by atoms with Gasteiger partial charge in [0.15, 0.2) is 16.1 Å². The van der Waals surface area contributed by atoms with Crippen LogP contribution in [-0.4, -0.2) is 25.8 Å². The van der Waals surface area contributed by atoms with Gasteiger partial charge in [-0.15, -0.1) is 0 Å². The molecule has 2 aliphatic rings. The van der Waals surface area contributed by atoms with E-state index in [0.717, 1.165) is 22.7 Å². The average Bonchev–Trinajstić information content (AvgIpc) is 3.96. The number of hydrazine groups is 2. The van der Waals surface area contributed by atoms with Crippen molar-refractivity contribution in [1.29, 1.82) is 0 Å². The molecule has 1 aromatic heterocycles. The van der Waals surface area contributed by atoms with Gasteiger partial charge >= 0.3 is 0 Å². The summed E-state index contributed by atoms with van der Waals surface area (Å²) in [6.45, 7) is 0. The van der Waals surface area contributed by atoms with Crippen LogP contribution in [0, 0.1) is 0 Å². The lowest BCUT2D eigenvalue weighted by Gasteiger charge is -2.40. The maximum Gasteiger partial charge on any atom is 0.179 e. The van der Waals surface area contributed by atoms with Crippen LogP contribution in [0.1, 0.15) is 0 Å². The number of anilines is 3. The molecule has 0 fully saturated rings. The first-order chi connectivity index (χ1) is 34.7. The fraction of sp³-hybridized carbons (Fsp3) is 0. The molecule has 0 amide bonds. The van der Waals surface area contributed by atoms with Gasteiger partial charge in [0, 0.05) is 28.9 Å². The number of benzene rings is 10. The van der Waals surface area contributed by atoms with Gasteiger partial charge in [-0.2, -0.15) is 5.12 Å². The molecule has 3 heterocycles. The van der Waals surface area contributed by atoms with E-state index >= 15 is 0 Å². The van der Waals surface area contributed by atoms with Crippen molar-refractivity contribution in [2.45, 2.75) is 0 Å². The van der Waals surface area contributed by atoms with Crippen LogP contribution in [0.2, 0.25) is 0 Å². The predicted octanol–water partition coefficient (Wildman–Crippen LogP) is 9.67. The molecule has 13 rings (SSSR count). The van der Waals surface area contributed by atoms with Crippen LogP contribution in [0.25, 0.3) is 27.5 Å². The number of rotatable bonds is 10. The Balaban J connectivity index is 1.15. The van der Waals surface area contributed by atoms with Crippen molar-refractivity contribution in [3.05, 3.63) is 291 Å². The fourth-order valence-corrected chi connectivity index (χ4v) is 21.4. The molecule has 332 valence electrons. The highest BCUT2D eigenvalue weighted by molar-refractivity contribution is 7.22. The maximum atomic E-state index is 2.63. The van der Waals surface area contributed by atoms with Crippen LogP contribution < -0.4 is 51.5 Å².